The third-order valence-electron chi connectivity index (χ3n) is 3.09. The first-order chi connectivity index (χ1) is 10.3. The first kappa shape index (κ1) is 17.9. The van der Waals surface area contributed by atoms with Crippen molar-refractivity contribution in [2.75, 3.05) is 44.4 Å². The zero-order chi connectivity index (χ0) is 15.3. The van der Waals surface area contributed by atoms with Crippen LogP contribution in [-0.4, -0.2) is 54.4 Å². The summed E-state index contributed by atoms with van der Waals surface area (Å²) in [7, 11) is 0. The van der Waals surface area contributed by atoms with Crippen LogP contribution in [0.5, 0.6) is 5.75 Å². The Hall–Kier alpha value is -1.15. The Bertz CT molecular complexity index is 450. The standard InChI is InChI=1S/C17H25NO2S/c1-3-18(4-2)10-13-21-14-12-20-17-9-5-7-16(15-17)8-6-11-19/h5,7,9,15,19H,3-4,10-14H2,1-2H3. The third kappa shape index (κ3) is 8.01. The minimum Gasteiger partial charge on any atom is -0.493 e. The van der Waals surface area contributed by atoms with E-state index >= 15 is 0 Å². The van der Waals surface area contributed by atoms with Crippen molar-refractivity contribution in [2.24, 2.45) is 0 Å². The molecule has 0 unspecified atom stereocenters. The zero-order valence-corrected chi connectivity index (χ0v) is 13.8. The highest BCUT2D eigenvalue weighted by Crippen LogP contribution is 2.13. The van der Waals surface area contributed by atoms with Crippen LogP contribution in [0.15, 0.2) is 24.3 Å². The van der Waals surface area contributed by atoms with Gasteiger partial charge in [-0.1, -0.05) is 31.8 Å². The fourth-order valence-electron chi connectivity index (χ4n) is 1.86. The van der Waals surface area contributed by atoms with Gasteiger partial charge in [-0.15, -0.1) is 0 Å². The second-order valence-electron chi connectivity index (χ2n) is 4.48. The maximum atomic E-state index is 8.68. The van der Waals surface area contributed by atoms with Gasteiger partial charge in [0, 0.05) is 23.6 Å². The average Bonchev–Trinajstić information content (AvgIpc) is 2.53. The van der Waals surface area contributed by atoms with E-state index in [1.54, 1.807) is 0 Å². The van der Waals surface area contributed by atoms with Gasteiger partial charge in [0.25, 0.3) is 0 Å². The fraction of sp³-hybridized carbons (Fsp3) is 0.529. The van der Waals surface area contributed by atoms with Crippen LogP contribution in [0.1, 0.15) is 19.4 Å². The Morgan fingerprint density at radius 2 is 2.05 bits per heavy atom. The van der Waals surface area contributed by atoms with Gasteiger partial charge >= 0.3 is 0 Å². The zero-order valence-electron chi connectivity index (χ0n) is 13.0. The van der Waals surface area contributed by atoms with E-state index < -0.39 is 0 Å². The van der Waals surface area contributed by atoms with Crippen molar-refractivity contribution in [3.8, 4) is 17.6 Å². The topological polar surface area (TPSA) is 32.7 Å². The van der Waals surface area contributed by atoms with Crippen molar-refractivity contribution in [3.05, 3.63) is 29.8 Å². The minimum absolute atomic E-state index is 0.117. The molecular weight excluding hydrogens is 282 g/mol. The number of aliphatic hydroxyl groups excluding tert-OH is 1. The summed E-state index contributed by atoms with van der Waals surface area (Å²) in [6, 6.07) is 7.67. The lowest BCUT2D eigenvalue weighted by molar-refractivity contribution is 0.323. The second kappa shape index (κ2) is 11.5. The van der Waals surface area contributed by atoms with Gasteiger partial charge in [-0.3, -0.25) is 0 Å². The molecule has 0 aliphatic rings. The molecule has 0 saturated carbocycles. The monoisotopic (exact) mass is 307 g/mol. The van der Waals surface area contributed by atoms with Crippen LogP contribution in [0, 0.1) is 11.8 Å². The van der Waals surface area contributed by atoms with Gasteiger partial charge in [-0.2, -0.15) is 11.8 Å². The van der Waals surface area contributed by atoms with Gasteiger partial charge in [0.15, 0.2) is 0 Å². The Balaban J connectivity index is 2.21. The number of ether oxygens (including phenoxy) is 1. The second-order valence-corrected chi connectivity index (χ2v) is 5.70. The Labute approximate surface area is 132 Å². The van der Waals surface area contributed by atoms with Gasteiger partial charge in [-0.25, -0.2) is 0 Å². The van der Waals surface area contributed by atoms with Gasteiger partial charge in [-0.05, 0) is 31.3 Å². The van der Waals surface area contributed by atoms with E-state index in [4.69, 9.17) is 9.84 Å². The fourth-order valence-corrected chi connectivity index (χ4v) is 2.65. The first-order valence-corrected chi connectivity index (χ1v) is 8.58. The smallest absolute Gasteiger partial charge is 0.120 e. The van der Waals surface area contributed by atoms with E-state index in [-0.39, 0.29) is 6.61 Å². The van der Waals surface area contributed by atoms with Gasteiger partial charge in [0.1, 0.15) is 12.4 Å². The van der Waals surface area contributed by atoms with Crippen LogP contribution in [0.3, 0.4) is 0 Å². The quantitative estimate of drug-likeness (QED) is 0.561. The molecule has 1 aromatic rings. The molecule has 4 heteroatoms. The van der Waals surface area contributed by atoms with Crippen molar-refractivity contribution in [1.82, 2.24) is 4.90 Å². The molecule has 116 valence electrons. The maximum Gasteiger partial charge on any atom is 0.120 e. The lowest BCUT2D eigenvalue weighted by atomic mass is 10.2. The van der Waals surface area contributed by atoms with Gasteiger partial charge < -0.3 is 14.7 Å². The summed E-state index contributed by atoms with van der Waals surface area (Å²) in [5.41, 5.74) is 0.871. The molecule has 0 aromatic heterocycles. The summed E-state index contributed by atoms with van der Waals surface area (Å²) in [6.07, 6.45) is 0. The molecule has 0 fully saturated rings. The Morgan fingerprint density at radius 3 is 2.76 bits per heavy atom. The first-order valence-electron chi connectivity index (χ1n) is 7.42. The predicted molar refractivity (Wildman–Crippen MR) is 91.0 cm³/mol. The van der Waals surface area contributed by atoms with E-state index in [2.05, 4.69) is 30.6 Å². The molecule has 1 rings (SSSR count). The summed E-state index contributed by atoms with van der Waals surface area (Å²) in [5.74, 6) is 8.50. The van der Waals surface area contributed by atoms with Crippen LogP contribution in [0.2, 0.25) is 0 Å². The molecule has 21 heavy (non-hydrogen) atoms. The highest BCUT2D eigenvalue weighted by Gasteiger charge is 1.99. The highest BCUT2D eigenvalue weighted by molar-refractivity contribution is 7.99. The van der Waals surface area contributed by atoms with E-state index in [9.17, 15) is 0 Å². The van der Waals surface area contributed by atoms with Gasteiger partial charge in [0.05, 0.1) is 6.61 Å². The molecular formula is C17H25NO2S. The number of benzene rings is 1. The van der Waals surface area contributed by atoms with E-state index in [1.165, 1.54) is 0 Å². The van der Waals surface area contributed by atoms with Crippen LogP contribution >= 0.6 is 11.8 Å². The van der Waals surface area contributed by atoms with Crippen LogP contribution in [0.25, 0.3) is 0 Å². The van der Waals surface area contributed by atoms with E-state index in [0.717, 1.165) is 42.5 Å². The van der Waals surface area contributed by atoms with Gasteiger partial charge in [0.2, 0.25) is 0 Å². The molecule has 0 saturated heterocycles. The molecule has 0 aliphatic heterocycles. The number of rotatable bonds is 9. The van der Waals surface area contributed by atoms with E-state index in [1.807, 2.05) is 36.0 Å². The molecule has 0 amide bonds. The van der Waals surface area contributed by atoms with Crippen LogP contribution < -0.4 is 4.74 Å². The highest BCUT2D eigenvalue weighted by atomic mass is 32.2. The number of hydrogen-bond acceptors (Lipinski definition) is 4. The number of nitrogens with zero attached hydrogens (tertiary/aromatic N) is 1. The van der Waals surface area contributed by atoms with Crippen molar-refractivity contribution >= 4 is 11.8 Å². The lowest BCUT2D eigenvalue weighted by Crippen LogP contribution is -2.25. The van der Waals surface area contributed by atoms with Crippen LogP contribution in [-0.2, 0) is 0 Å². The molecule has 0 bridgehead atoms. The maximum absolute atomic E-state index is 8.68. The molecule has 0 radical (unpaired) electrons. The number of aliphatic hydroxyl groups is 1. The SMILES string of the molecule is CCN(CC)CCSCCOc1cccc(C#CCO)c1. The third-order valence-corrected chi connectivity index (χ3v) is 4.02. The summed E-state index contributed by atoms with van der Waals surface area (Å²) in [5, 5.41) is 8.68. The number of hydrogen-bond donors (Lipinski definition) is 1. The van der Waals surface area contributed by atoms with Crippen molar-refractivity contribution in [2.45, 2.75) is 13.8 Å². The molecule has 1 N–H and O–H groups in total. The molecule has 0 aliphatic carbocycles. The molecule has 0 atom stereocenters. The summed E-state index contributed by atoms with van der Waals surface area (Å²) < 4.78 is 5.72. The van der Waals surface area contributed by atoms with Crippen LogP contribution in [0.4, 0.5) is 0 Å². The van der Waals surface area contributed by atoms with Crippen molar-refractivity contribution in [3.63, 3.8) is 0 Å². The molecule has 0 spiro atoms. The normalized spacial score (nSPS) is 10.3. The van der Waals surface area contributed by atoms with Crippen molar-refractivity contribution < 1.29 is 9.84 Å². The average molecular weight is 307 g/mol. The lowest BCUT2D eigenvalue weighted by Gasteiger charge is -2.17. The summed E-state index contributed by atoms with van der Waals surface area (Å²) in [6.45, 7) is 8.37. The molecule has 3 nitrogen and oxygen atoms in total. The number of thioether (sulfide) groups is 1. The molecule has 0 heterocycles. The van der Waals surface area contributed by atoms with E-state index in [0.29, 0.717) is 6.61 Å². The summed E-state index contributed by atoms with van der Waals surface area (Å²) in [4.78, 5) is 2.43. The van der Waals surface area contributed by atoms with Crippen molar-refractivity contribution in [1.29, 1.82) is 0 Å². The molecule has 1 aromatic carbocycles. The minimum atomic E-state index is -0.117. The Kier molecular flexibility index (Phi) is 9.81. The largest absolute Gasteiger partial charge is 0.493 e. The Morgan fingerprint density at radius 1 is 1.24 bits per heavy atom. The predicted octanol–water partition coefficient (Wildman–Crippen LogP) is 2.48. The summed E-state index contributed by atoms with van der Waals surface area (Å²) >= 11 is 1.92.